The van der Waals surface area contributed by atoms with Crippen LogP contribution in [0.4, 0.5) is 0 Å². The van der Waals surface area contributed by atoms with Crippen LogP contribution in [0.3, 0.4) is 0 Å². The van der Waals surface area contributed by atoms with E-state index in [1.807, 2.05) is 7.05 Å². The molecule has 90 valence electrons. The summed E-state index contributed by atoms with van der Waals surface area (Å²) < 4.78 is 0. The average Bonchev–Trinajstić information content (AvgIpc) is 2.17. The van der Waals surface area contributed by atoms with Crippen molar-refractivity contribution in [2.24, 2.45) is 5.41 Å². The topological polar surface area (TPSA) is 35.5 Å². The average molecular weight is 214 g/mol. The summed E-state index contributed by atoms with van der Waals surface area (Å²) in [7, 11) is 2.00. The molecule has 15 heavy (non-hydrogen) atoms. The molecule has 1 aliphatic heterocycles. The largest absolute Gasteiger partial charge is 0.395 e. The predicted octanol–water partition coefficient (Wildman–Crippen LogP) is 1.08. The molecule has 0 radical (unpaired) electrons. The molecule has 0 aliphatic carbocycles. The monoisotopic (exact) mass is 214 g/mol. The van der Waals surface area contributed by atoms with E-state index in [1.165, 1.54) is 12.8 Å². The molecule has 1 rings (SSSR count). The van der Waals surface area contributed by atoms with Gasteiger partial charge in [-0.3, -0.25) is 4.90 Å². The highest BCUT2D eigenvalue weighted by Crippen LogP contribution is 2.22. The second-order valence-electron chi connectivity index (χ2n) is 5.50. The van der Waals surface area contributed by atoms with Crippen LogP contribution in [0.2, 0.25) is 0 Å². The number of nitrogens with one attached hydrogen (secondary N) is 1. The molecule has 0 bridgehead atoms. The van der Waals surface area contributed by atoms with E-state index in [2.05, 4.69) is 24.1 Å². The Kier molecular flexibility index (Phi) is 5.03. The zero-order chi connectivity index (χ0) is 11.3. The van der Waals surface area contributed by atoms with Crippen molar-refractivity contribution in [1.82, 2.24) is 10.2 Å². The van der Waals surface area contributed by atoms with Crippen molar-refractivity contribution < 1.29 is 5.11 Å². The van der Waals surface area contributed by atoms with Crippen LogP contribution in [0.25, 0.3) is 0 Å². The lowest BCUT2D eigenvalue weighted by Crippen LogP contribution is -2.48. The molecule has 1 aliphatic rings. The Bertz CT molecular complexity index is 182. The first kappa shape index (κ1) is 12.9. The summed E-state index contributed by atoms with van der Waals surface area (Å²) >= 11 is 0. The van der Waals surface area contributed by atoms with Crippen molar-refractivity contribution in [1.29, 1.82) is 0 Å². The molecule has 2 N–H and O–H groups in total. The van der Waals surface area contributed by atoms with Crippen LogP contribution in [0.1, 0.15) is 33.1 Å². The molecule has 0 spiro atoms. The van der Waals surface area contributed by atoms with Crippen LogP contribution >= 0.6 is 0 Å². The zero-order valence-electron chi connectivity index (χ0n) is 10.4. The minimum Gasteiger partial charge on any atom is -0.395 e. The Morgan fingerprint density at radius 2 is 2.13 bits per heavy atom. The zero-order valence-corrected chi connectivity index (χ0v) is 10.4. The summed E-state index contributed by atoms with van der Waals surface area (Å²) in [5.41, 5.74) is 0.291. The number of aliphatic hydroxyl groups excluding tert-OH is 1. The Morgan fingerprint density at radius 3 is 2.73 bits per heavy atom. The van der Waals surface area contributed by atoms with Gasteiger partial charge >= 0.3 is 0 Å². The molecular formula is C12H26N2O. The number of piperidine rings is 1. The first-order valence-corrected chi connectivity index (χ1v) is 6.08. The van der Waals surface area contributed by atoms with Gasteiger partial charge in [0.1, 0.15) is 0 Å². The maximum atomic E-state index is 9.33. The summed E-state index contributed by atoms with van der Waals surface area (Å²) in [5.74, 6) is 0. The molecule has 0 aromatic rings. The Labute approximate surface area is 93.9 Å². The molecule has 3 nitrogen and oxygen atoms in total. The molecule has 1 heterocycles. The molecule has 1 saturated heterocycles. The third-order valence-electron chi connectivity index (χ3n) is 3.25. The Morgan fingerprint density at radius 1 is 1.40 bits per heavy atom. The van der Waals surface area contributed by atoms with Gasteiger partial charge in [0.05, 0.1) is 6.61 Å². The van der Waals surface area contributed by atoms with Crippen LogP contribution in [0.5, 0.6) is 0 Å². The fourth-order valence-electron chi connectivity index (χ4n) is 2.56. The number of rotatable bonds is 5. The second kappa shape index (κ2) is 5.83. The molecule has 0 aromatic carbocycles. The molecule has 0 saturated carbocycles. The van der Waals surface area contributed by atoms with E-state index in [9.17, 15) is 5.11 Å². The van der Waals surface area contributed by atoms with Crippen LogP contribution in [0, 0.1) is 5.41 Å². The number of aliphatic hydroxyl groups is 1. The van der Waals surface area contributed by atoms with Crippen molar-refractivity contribution >= 4 is 0 Å². The molecule has 1 fully saturated rings. The van der Waals surface area contributed by atoms with E-state index < -0.39 is 0 Å². The maximum absolute atomic E-state index is 9.33. The van der Waals surface area contributed by atoms with Crippen molar-refractivity contribution in [2.45, 2.75) is 39.2 Å². The van der Waals surface area contributed by atoms with Crippen molar-refractivity contribution in [3.05, 3.63) is 0 Å². The van der Waals surface area contributed by atoms with Gasteiger partial charge in [-0.1, -0.05) is 20.3 Å². The van der Waals surface area contributed by atoms with Gasteiger partial charge in [-0.2, -0.15) is 0 Å². The lowest BCUT2D eigenvalue weighted by molar-refractivity contribution is 0.0581. The van der Waals surface area contributed by atoms with Gasteiger partial charge in [0.25, 0.3) is 0 Å². The number of nitrogens with zero attached hydrogens (tertiary/aromatic N) is 1. The van der Waals surface area contributed by atoms with E-state index in [4.69, 9.17) is 0 Å². The summed E-state index contributed by atoms with van der Waals surface area (Å²) in [6.07, 6.45) is 3.71. The van der Waals surface area contributed by atoms with Gasteiger partial charge in [-0.25, -0.2) is 0 Å². The molecular weight excluding hydrogens is 188 g/mol. The van der Waals surface area contributed by atoms with Gasteiger partial charge in [0, 0.05) is 19.1 Å². The third-order valence-corrected chi connectivity index (χ3v) is 3.25. The first-order valence-electron chi connectivity index (χ1n) is 6.08. The van der Waals surface area contributed by atoms with Crippen molar-refractivity contribution in [3.63, 3.8) is 0 Å². The van der Waals surface area contributed by atoms with E-state index in [0.29, 0.717) is 18.1 Å². The van der Waals surface area contributed by atoms with Crippen LogP contribution in [0.15, 0.2) is 0 Å². The highest BCUT2D eigenvalue weighted by atomic mass is 16.3. The minimum atomic E-state index is 0.291. The normalized spacial score (nSPS) is 24.4. The number of likely N-dealkylation sites (tertiary alicyclic amines) is 1. The van der Waals surface area contributed by atoms with Gasteiger partial charge in [0.2, 0.25) is 0 Å². The minimum absolute atomic E-state index is 0.291. The molecule has 3 heteroatoms. The van der Waals surface area contributed by atoms with Gasteiger partial charge in [-0.15, -0.1) is 0 Å². The SMILES string of the molecule is CNCC(C)(C)CN1CCCCC1CO. The van der Waals surface area contributed by atoms with E-state index in [-0.39, 0.29) is 0 Å². The Hall–Kier alpha value is -0.120. The molecule has 0 amide bonds. The number of hydrogen-bond donors (Lipinski definition) is 2. The fourth-order valence-corrected chi connectivity index (χ4v) is 2.56. The molecule has 1 unspecified atom stereocenters. The molecule has 1 atom stereocenters. The summed E-state index contributed by atoms with van der Waals surface area (Å²) in [5, 5.41) is 12.6. The summed E-state index contributed by atoms with van der Waals surface area (Å²) in [4.78, 5) is 2.46. The lowest BCUT2D eigenvalue weighted by Gasteiger charge is -2.39. The van der Waals surface area contributed by atoms with E-state index >= 15 is 0 Å². The highest BCUT2D eigenvalue weighted by molar-refractivity contribution is 4.82. The van der Waals surface area contributed by atoms with Crippen LogP contribution in [-0.4, -0.2) is 49.3 Å². The van der Waals surface area contributed by atoms with Gasteiger partial charge < -0.3 is 10.4 Å². The fraction of sp³-hybridized carbons (Fsp3) is 1.00. The standard InChI is InChI=1S/C12H26N2O/c1-12(2,9-13-3)10-14-7-5-4-6-11(14)8-15/h11,13,15H,4-10H2,1-3H3. The second-order valence-corrected chi connectivity index (χ2v) is 5.50. The Balaban J connectivity index is 2.46. The smallest absolute Gasteiger partial charge is 0.0586 e. The van der Waals surface area contributed by atoms with Crippen LogP contribution < -0.4 is 5.32 Å². The molecule has 0 aromatic heterocycles. The predicted molar refractivity (Wildman–Crippen MR) is 64.0 cm³/mol. The maximum Gasteiger partial charge on any atom is 0.0586 e. The third kappa shape index (κ3) is 4.09. The van der Waals surface area contributed by atoms with Gasteiger partial charge in [0.15, 0.2) is 0 Å². The summed E-state index contributed by atoms with van der Waals surface area (Å²) in [6.45, 7) is 8.15. The van der Waals surface area contributed by atoms with Crippen molar-refractivity contribution in [3.8, 4) is 0 Å². The quantitative estimate of drug-likeness (QED) is 0.719. The number of hydrogen-bond acceptors (Lipinski definition) is 3. The highest BCUT2D eigenvalue weighted by Gasteiger charge is 2.27. The van der Waals surface area contributed by atoms with Gasteiger partial charge in [-0.05, 0) is 31.8 Å². The van der Waals surface area contributed by atoms with Crippen molar-refractivity contribution in [2.75, 3.05) is 33.3 Å². The van der Waals surface area contributed by atoms with E-state index in [0.717, 1.165) is 26.1 Å². The van der Waals surface area contributed by atoms with E-state index in [1.54, 1.807) is 0 Å². The summed E-state index contributed by atoms with van der Waals surface area (Å²) in [6, 6.07) is 0.398. The van der Waals surface area contributed by atoms with Crippen LogP contribution in [-0.2, 0) is 0 Å². The lowest BCUT2D eigenvalue weighted by atomic mass is 9.90. The first-order chi connectivity index (χ1) is 7.09.